The van der Waals surface area contributed by atoms with Crippen LogP contribution in [0, 0.1) is 6.92 Å². The summed E-state index contributed by atoms with van der Waals surface area (Å²) in [6.45, 7) is 5.10. The molecule has 0 unspecified atom stereocenters. The van der Waals surface area contributed by atoms with E-state index in [1.54, 1.807) is 6.07 Å². The number of hydrogen-bond acceptors (Lipinski definition) is 3. The van der Waals surface area contributed by atoms with Gasteiger partial charge in [-0.05, 0) is 37.6 Å². The first-order valence-corrected chi connectivity index (χ1v) is 8.80. The van der Waals surface area contributed by atoms with E-state index >= 15 is 0 Å². The molecule has 0 saturated heterocycles. The Bertz CT molecular complexity index is 886. The summed E-state index contributed by atoms with van der Waals surface area (Å²) < 4.78 is 1.86. The number of aromatic nitrogens is 3. The van der Waals surface area contributed by atoms with Crippen molar-refractivity contribution in [2.24, 2.45) is 7.05 Å². The molecule has 0 amide bonds. The normalized spacial score (nSPS) is 11.2. The number of aryl methyl sites for hydroxylation is 2. The minimum Gasteiger partial charge on any atom is -0.383 e. The Morgan fingerprint density at radius 2 is 2.00 bits per heavy atom. The quantitative estimate of drug-likeness (QED) is 0.612. The van der Waals surface area contributed by atoms with E-state index in [-0.39, 0.29) is 0 Å². The monoisotopic (exact) mass is 362 g/mol. The predicted octanol–water partition coefficient (Wildman–Crippen LogP) is 5.46. The Labute approximate surface area is 151 Å². The molecule has 0 fully saturated rings. The second-order valence-electron chi connectivity index (χ2n) is 5.89. The molecule has 0 spiro atoms. The van der Waals surface area contributed by atoms with Gasteiger partial charge in [0.1, 0.15) is 16.7 Å². The van der Waals surface area contributed by atoms with Gasteiger partial charge >= 0.3 is 0 Å². The van der Waals surface area contributed by atoms with E-state index < -0.39 is 0 Å². The van der Waals surface area contributed by atoms with Gasteiger partial charge in [-0.3, -0.25) is 4.68 Å². The molecule has 0 atom stereocenters. The Hall–Kier alpha value is -1.78. The highest BCUT2D eigenvalue weighted by Gasteiger charge is 2.18. The summed E-state index contributed by atoms with van der Waals surface area (Å²) >= 11 is 12.4. The third-order valence-electron chi connectivity index (χ3n) is 3.95. The minimum atomic E-state index is 0.575. The van der Waals surface area contributed by atoms with Gasteiger partial charge in [-0.2, -0.15) is 5.10 Å². The van der Waals surface area contributed by atoms with Crippen LogP contribution in [0.25, 0.3) is 22.3 Å². The van der Waals surface area contributed by atoms with Crippen molar-refractivity contribution in [3.05, 3.63) is 40.0 Å². The molecular weight excluding hydrogens is 343 g/mol. The fraction of sp³-hybridized carbons (Fsp3) is 0.333. The topological polar surface area (TPSA) is 42.7 Å². The molecule has 1 aromatic carbocycles. The molecule has 0 radical (unpaired) electrons. The van der Waals surface area contributed by atoms with Gasteiger partial charge in [-0.25, -0.2) is 4.98 Å². The lowest BCUT2D eigenvalue weighted by molar-refractivity contribution is 0.797. The Kier molecular flexibility index (Phi) is 4.97. The molecule has 1 N–H and O–H groups in total. The van der Waals surface area contributed by atoms with Crippen molar-refractivity contribution in [2.45, 2.75) is 26.7 Å². The van der Waals surface area contributed by atoms with E-state index in [1.807, 2.05) is 30.8 Å². The zero-order valence-electron chi connectivity index (χ0n) is 14.0. The van der Waals surface area contributed by atoms with E-state index in [1.165, 1.54) is 0 Å². The van der Waals surface area contributed by atoms with Gasteiger partial charge < -0.3 is 5.32 Å². The summed E-state index contributed by atoms with van der Waals surface area (Å²) in [5, 5.41) is 9.35. The number of nitrogens with one attached hydrogen (secondary N) is 1. The highest BCUT2D eigenvalue weighted by molar-refractivity contribution is 6.36. The number of rotatable bonds is 5. The fourth-order valence-corrected chi connectivity index (χ4v) is 3.30. The van der Waals surface area contributed by atoms with Crippen LogP contribution in [0.3, 0.4) is 0 Å². The van der Waals surface area contributed by atoms with Crippen LogP contribution in [0.15, 0.2) is 24.3 Å². The molecule has 2 aromatic heterocycles. The number of nitrogens with zero attached hydrogens (tertiary/aromatic N) is 3. The molecule has 2 heterocycles. The smallest absolute Gasteiger partial charge is 0.120 e. The third-order valence-corrected chi connectivity index (χ3v) is 4.50. The molecule has 0 saturated carbocycles. The van der Waals surface area contributed by atoms with Crippen molar-refractivity contribution in [2.75, 3.05) is 11.9 Å². The lowest BCUT2D eigenvalue weighted by atomic mass is 10.1. The van der Waals surface area contributed by atoms with Crippen LogP contribution >= 0.6 is 23.2 Å². The van der Waals surface area contributed by atoms with Gasteiger partial charge in [0, 0.05) is 29.9 Å². The number of halogens is 2. The van der Waals surface area contributed by atoms with Crippen LogP contribution in [0.1, 0.15) is 25.5 Å². The van der Waals surface area contributed by atoms with Crippen LogP contribution in [-0.2, 0) is 7.05 Å². The van der Waals surface area contributed by atoms with E-state index in [4.69, 9.17) is 28.2 Å². The average Bonchev–Trinajstić information content (AvgIpc) is 2.84. The summed E-state index contributed by atoms with van der Waals surface area (Å²) in [4.78, 5) is 4.71. The van der Waals surface area contributed by atoms with Gasteiger partial charge in [-0.1, -0.05) is 36.5 Å². The number of benzene rings is 1. The summed E-state index contributed by atoms with van der Waals surface area (Å²) in [5.74, 6) is 0. The molecule has 4 nitrogen and oxygen atoms in total. The summed E-state index contributed by atoms with van der Waals surface area (Å²) in [5.41, 5.74) is 5.44. The second kappa shape index (κ2) is 6.99. The molecule has 24 heavy (non-hydrogen) atoms. The van der Waals surface area contributed by atoms with E-state index in [0.717, 1.165) is 53.1 Å². The molecule has 3 rings (SSSR count). The average molecular weight is 363 g/mol. The van der Waals surface area contributed by atoms with E-state index in [2.05, 4.69) is 23.4 Å². The number of unbranched alkanes of at least 4 members (excludes halogenated alkanes) is 1. The third kappa shape index (κ3) is 3.21. The number of pyridine rings is 1. The van der Waals surface area contributed by atoms with Gasteiger partial charge in [0.25, 0.3) is 0 Å². The lowest BCUT2D eigenvalue weighted by Gasteiger charge is -2.09. The van der Waals surface area contributed by atoms with Gasteiger partial charge in [0.05, 0.1) is 10.7 Å². The van der Waals surface area contributed by atoms with Gasteiger partial charge in [-0.15, -0.1) is 0 Å². The van der Waals surface area contributed by atoms with Crippen LogP contribution < -0.4 is 5.32 Å². The molecule has 0 aliphatic heterocycles. The van der Waals surface area contributed by atoms with Crippen molar-refractivity contribution in [3.63, 3.8) is 0 Å². The first kappa shape index (κ1) is 17.1. The fourth-order valence-electron chi connectivity index (χ4n) is 2.80. The molecule has 6 heteroatoms. The van der Waals surface area contributed by atoms with Crippen LogP contribution in [0.4, 0.5) is 5.69 Å². The highest BCUT2D eigenvalue weighted by Crippen LogP contribution is 2.35. The first-order chi connectivity index (χ1) is 11.5. The predicted molar refractivity (Wildman–Crippen MR) is 102 cm³/mol. The summed E-state index contributed by atoms with van der Waals surface area (Å²) in [6, 6.07) is 7.50. The minimum absolute atomic E-state index is 0.575. The van der Waals surface area contributed by atoms with E-state index in [0.29, 0.717) is 10.0 Å². The standard InChI is InChI=1S/C18H20Cl2N4/c1-4-5-8-21-15-9-11(2)22-17-16(23-24(3)18(15)17)13-7-6-12(19)10-14(13)20/h6-7,9-10H,4-5,8H2,1-3H3,(H,21,22). The van der Waals surface area contributed by atoms with Gasteiger partial charge in [0.2, 0.25) is 0 Å². The SMILES string of the molecule is CCCCNc1cc(C)nc2c(-c3ccc(Cl)cc3Cl)nn(C)c12. The molecule has 0 aliphatic rings. The van der Waals surface area contributed by atoms with E-state index in [9.17, 15) is 0 Å². The second-order valence-corrected chi connectivity index (χ2v) is 6.73. The summed E-state index contributed by atoms with van der Waals surface area (Å²) in [6.07, 6.45) is 2.27. The molecule has 3 aromatic rings. The van der Waals surface area contributed by atoms with Gasteiger partial charge in [0.15, 0.2) is 0 Å². The zero-order valence-corrected chi connectivity index (χ0v) is 15.5. The van der Waals surface area contributed by atoms with Crippen molar-refractivity contribution < 1.29 is 0 Å². The molecule has 0 bridgehead atoms. The molecule has 0 aliphatic carbocycles. The Morgan fingerprint density at radius 3 is 2.71 bits per heavy atom. The highest BCUT2D eigenvalue weighted by atomic mass is 35.5. The van der Waals surface area contributed by atoms with Crippen molar-refractivity contribution in [1.82, 2.24) is 14.8 Å². The first-order valence-electron chi connectivity index (χ1n) is 8.05. The number of fused-ring (bicyclic) bond motifs is 1. The van der Waals surface area contributed by atoms with Crippen LogP contribution in [0.5, 0.6) is 0 Å². The maximum absolute atomic E-state index is 6.38. The zero-order chi connectivity index (χ0) is 17.3. The summed E-state index contributed by atoms with van der Waals surface area (Å²) in [7, 11) is 1.93. The van der Waals surface area contributed by atoms with Crippen LogP contribution in [0.2, 0.25) is 10.0 Å². The number of anilines is 1. The largest absolute Gasteiger partial charge is 0.383 e. The molecular formula is C18H20Cl2N4. The maximum Gasteiger partial charge on any atom is 0.120 e. The lowest BCUT2D eigenvalue weighted by Crippen LogP contribution is -2.04. The van der Waals surface area contributed by atoms with Crippen LogP contribution in [-0.4, -0.2) is 21.3 Å². The number of hydrogen-bond donors (Lipinski definition) is 1. The maximum atomic E-state index is 6.38. The molecule has 126 valence electrons. The van der Waals surface area contributed by atoms with Crippen molar-refractivity contribution in [1.29, 1.82) is 0 Å². The van der Waals surface area contributed by atoms with Crippen molar-refractivity contribution >= 4 is 39.9 Å². The Morgan fingerprint density at radius 1 is 1.21 bits per heavy atom. The Balaban J connectivity index is 2.17. The van der Waals surface area contributed by atoms with Crippen molar-refractivity contribution in [3.8, 4) is 11.3 Å².